The van der Waals surface area contributed by atoms with E-state index < -0.39 is 0 Å². The molecule has 4 heteroatoms. The molecule has 0 fully saturated rings. The summed E-state index contributed by atoms with van der Waals surface area (Å²) in [5, 5.41) is 9.26. The zero-order chi connectivity index (χ0) is 13.4. The minimum atomic E-state index is 0.195. The summed E-state index contributed by atoms with van der Waals surface area (Å²) in [6, 6.07) is 12.9. The van der Waals surface area contributed by atoms with Crippen LogP contribution in [0.5, 0.6) is 0 Å². The summed E-state index contributed by atoms with van der Waals surface area (Å²) in [5.41, 5.74) is 1.20. The second kappa shape index (κ2) is 5.52. The molecular weight excluding hydrogens is 340 g/mol. The van der Waals surface area contributed by atoms with E-state index in [1.165, 1.54) is 25.1 Å². The fraction of sp³-hybridized carbons (Fsp3) is 0.200. The van der Waals surface area contributed by atoms with Gasteiger partial charge in [0, 0.05) is 36.6 Å². The van der Waals surface area contributed by atoms with Gasteiger partial charge >= 0.3 is 0 Å². The van der Waals surface area contributed by atoms with Gasteiger partial charge in [0.05, 0.1) is 0 Å². The highest BCUT2D eigenvalue weighted by atomic mass is 79.9. The summed E-state index contributed by atoms with van der Waals surface area (Å²) < 4.78 is 1.12. The Bertz CT molecular complexity index is 628. The van der Waals surface area contributed by atoms with Crippen molar-refractivity contribution in [1.29, 1.82) is 0 Å². The highest BCUT2D eigenvalue weighted by Crippen LogP contribution is 2.49. The van der Waals surface area contributed by atoms with Crippen LogP contribution in [-0.4, -0.2) is 11.7 Å². The number of hydrogen-bond donors (Lipinski definition) is 1. The van der Waals surface area contributed by atoms with Gasteiger partial charge in [0.2, 0.25) is 0 Å². The second-order valence-electron chi connectivity index (χ2n) is 4.58. The van der Waals surface area contributed by atoms with E-state index in [0.29, 0.717) is 0 Å². The zero-order valence-corrected chi connectivity index (χ0v) is 13.6. The third kappa shape index (κ3) is 2.72. The largest absolute Gasteiger partial charge is 0.396 e. The van der Waals surface area contributed by atoms with Gasteiger partial charge in [0.1, 0.15) is 0 Å². The van der Waals surface area contributed by atoms with Crippen LogP contribution in [0, 0.1) is 0 Å². The Morgan fingerprint density at radius 1 is 1.00 bits per heavy atom. The first-order valence-electron chi connectivity index (χ1n) is 6.07. The highest BCUT2D eigenvalue weighted by molar-refractivity contribution is 9.10. The van der Waals surface area contributed by atoms with Gasteiger partial charge in [0.15, 0.2) is 0 Å². The van der Waals surface area contributed by atoms with E-state index in [0.717, 1.165) is 4.47 Å². The standard InChI is InChI=1S/C15H13BrOS2/c1-9(8-17)10-2-4-12-14(6-10)18-13-5-3-11(16)7-15(13)19-12/h2-7,9,17H,8H2,1H3. The number of halogens is 1. The van der Waals surface area contributed by atoms with Gasteiger partial charge in [-0.25, -0.2) is 0 Å². The molecule has 1 nitrogen and oxygen atoms in total. The lowest BCUT2D eigenvalue weighted by molar-refractivity contribution is 0.273. The van der Waals surface area contributed by atoms with E-state index in [-0.39, 0.29) is 12.5 Å². The Hall–Kier alpha value is -0.420. The van der Waals surface area contributed by atoms with Gasteiger partial charge in [-0.2, -0.15) is 0 Å². The molecule has 0 radical (unpaired) electrons. The summed E-state index contributed by atoms with van der Waals surface area (Å²) in [6.07, 6.45) is 0. The number of rotatable bonds is 2. The molecule has 0 bridgehead atoms. The summed E-state index contributed by atoms with van der Waals surface area (Å²) >= 11 is 7.14. The van der Waals surface area contributed by atoms with Crippen LogP contribution in [-0.2, 0) is 0 Å². The first-order chi connectivity index (χ1) is 9.17. The van der Waals surface area contributed by atoms with Crippen LogP contribution in [0.2, 0.25) is 0 Å². The van der Waals surface area contributed by atoms with Crippen LogP contribution in [0.1, 0.15) is 18.4 Å². The number of fused-ring (bicyclic) bond motifs is 2. The summed E-state index contributed by atoms with van der Waals surface area (Å²) in [6.45, 7) is 2.24. The molecule has 1 N–H and O–H groups in total. The average Bonchev–Trinajstić information content (AvgIpc) is 2.43. The van der Waals surface area contributed by atoms with Gasteiger partial charge < -0.3 is 5.11 Å². The quantitative estimate of drug-likeness (QED) is 0.687. The minimum Gasteiger partial charge on any atom is -0.396 e. The third-order valence-electron chi connectivity index (χ3n) is 3.16. The summed E-state index contributed by atoms with van der Waals surface area (Å²) in [4.78, 5) is 5.19. The third-order valence-corrected chi connectivity index (χ3v) is 6.18. The molecule has 1 heterocycles. The van der Waals surface area contributed by atoms with Crippen LogP contribution < -0.4 is 0 Å². The van der Waals surface area contributed by atoms with Gasteiger partial charge in [-0.3, -0.25) is 0 Å². The van der Waals surface area contributed by atoms with Crippen molar-refractivity contribution in [3.63, 3.8) is 0 Å². The van der Waals surface area contributed by atoms with Crippen molar-refractivity contribution >= 4 is 39.5 Å². The fourth-order valence-corrected chi connectivity index (χ4v) is 4.78. The van der Waals surface area contributed by atoms with Crippen molar-refractivity contribution in [2.45, 2.75) is 32.4 Å². The second-order valence-corrected chi connectivity index (χ2v) is 7.67. The van der Waals surface area contributed by atoms with E-state index in [1.54, 1.807) is 0 Å². The fourth-order valence-electron chi connectivity index (χ4n) is 1.98. The van der Waals surface area contributed by atoms with E-state index >= 15 is 0 Å². The van der Waals surface area contributed by atoms with Crippen LogP contribution in [0.25, 0.3) is 0 Å². The maximum atomic E-state index is 9.26. The van der Waals surface area contributed by atoms with E-state index in [2.05, 4.69) is 52.3 Å². The molecule has 0 saturated carbocycles. The van der Waals surface area contributed by atoms with Crippen molar-refractivity contribution < 1.29 is 5.11 Å². The maximum Gasteiger partial charge on any atom is 0.0497 e. The van der Waals surface area contributed by atoms with Crippen LogP contribution in [0.3, 0.4) is 0 Å². The molecule has 1 atom stereocenters. The maximum absolute atomic E-state index is 9.26. The molecule has 0 amide bonds. The number of benzene rings is 2. The molecule has 1 aliphatic rings. The normalized spacial score (nSPS) is 14.7. The van der Waals surface area contributed by atoms with Crippen molar-refractivity contribution in [3.05, 3.63) is 46.4 Å². The van der Waals surface area contributed by atoms with Crippen molar-refractivity contribution in [3.8, 4) is 0 Å². The smallest absolute Gasteiger partial charge is 0.0497 e. The van der Waals surface area contributed by atoms with Gasteiger partial charge in [0.25, 0.3) is 0 Å². The lowest BCUT2D eigenvalue weighted by Crippen LogP contribution is -2.00. The van der Waals surface area contributed by atoms with Crippen LogP contribution in [0.15, 0.2) is 60.5 Å². The molecule has 0 aliphatic carbocycles. The highest BCUT2D eigenvalue weighted by Gasteiger charge is 2.18. The molecule has 0 saturated heterocycles. The lowest BCUT2D eigenvalue weighted by Gasteiger charge is -2.20. The molecule has 2 aromatic carbocycles. The summed E-state index contributed by atoms with van der Waals surface area (Å²) in [7, 11) is 0. The van der Waals surface area contributed by atoms with Gasteiger partial charge in [-0.05, 0) is 35.9 Å². The van der Waals surface area contributed by atoms with Crippen LogP contribution >= 0.6 is 39.5 Å². The zero-order valence-electron chi connectivity index (χ0n) is 10.4. The van der Waals surface area contributed by atoms with Crippen molar-refractivity contribution in [2.24, 2.45) is 0 Å². The predicted molar refractivity (Wildman–Crippen MR) is 84.3 cm³/mol. The number of aliphatic hydroxyl groups excluding tert-OH is 1. The first-order valence-corrected chi connectivity index (χ1v) is 8.50. The topological polar surface area (TPSA) is 20.2 Å². The molecule has 0 spiro atoms. The molecule has 0 aromatic heterocycles. The first kappa shape index (κ1) is 13.6. The van der Waals surface area contributed by atoms with E-state index in [9.17, 15) is 5.11 Å². The Morgan fingerprint density at radius 2 is 1.63 bits per heavy atom. The molecule has 2 aromatic rings. The van der Waals surface area contributed by atoms with Crippen molar-refractivity contribution in [2.75, 3.05) is 6.61 Å². The van der Waals surface area contributed by atoms with Crippen molar-refractivity contribution in [1.82, 2.24) is 0 Å². The molecular formula is C15H13BrOS2. The Labute approximate surface area is 129 Å². The SMILES string of the molecule is CC(CO)c1ccc2c(c1)Sc1ccc(Br)cc1S2. The van der Waals surface area contributed by atoms with Gasteiger partial charge in [-0.15, -0.1) is 0 Å². The molecule has 1 unspecified atom stereocenters. The monoisotopic (exact) mass is 352 g/mol. The molecule has 1 aliphatic heterocycles. The van der Waals surface area contributed by atoms with Crippen LogP contribution in [0.4, 0.5) is 0 Å². The Kier molecular flexibility index (Phi) is 3.94. The van der Waals surface area contributed by atoms with E-state index in [4.69, 9.17) is 0 Å². The number of aliphatic hydroxyl groups is 1. The summed E-state index contributed by atoms with van der Waals surface area (Å²) in [5.74, 6) is 0.196. The average molecular weight is 353 g/mol. The predicted octanol–water partition coefficient (Wildman–Crippen LogP) is 5.16. The number of hydrogen-bond acceptors (Lipinski definition) is 3. The molecule has 19 heavy (non-hydrogen) atoms. The Balaban J connectivity index is 1.98. The molecule has 98 valence electrons. The van der Waals surface area contributed by atoms with Gasteiger partial charge in [-0.1, -0.05) is 52.4 Å². The lowest BCUT2D eigenvalue weighted by atomic mass is 10.0. The van der Waals surface area contributed by atoms with E-state index in [1.807, 2.05) is 30.4 Å². The molecule has 3 rings (SSSR count). The Morgan fingerprint density at radius 3 is 2.32 bits per heavy atom. The minimum absolute atomic E-state index is 0.195.